The number of aromatic nitrogens is 1. The second-order valence-electron chi connectivity index (χ2n) is 6.15. The van der Waals surface area contributed by atoms with Crippen molar-refractivity contribution in [2.24, 2.45) is 0 Å². The van der Waals surface area contributed by atoms with Crippen molar-refractivity contribution in [2.45, 2.75) is 0 Å². The molecule has 2 aromatic heterocycles. The molecule has 2 heterocycles. The predicted octanol–water partition coefficient (Wildman–Crippen LogP) is 6.81. The van der Waals surface area contributed by atoms with E-state index in [1.807, 2.05) is 0 Å². The van der Waals surface area contributed by atoms with Gasteiger partial charge in [0.05, 0.1) is 5.02 Å². The Morgan fingerprint density at radius 1 is 1.00 bits per heavy atom. The molecule has 0 aliphatic rings. The lowest BCUT2D eigenvalue weighted by Crippen LogP contribution is -2.13. The summed E-state index contributed by atoms with van der Waals surface area (Å²) >= 11 is 19.2. The molecule has 0 saturated carbocycles. The van der Waals surface area contributed by atoms with Crippen LogP contribution in [0.25, 0.3) is 22.0 Å². The number of benzene rings is 2. The van der Waals surface area contributed by atoms with Gasteiger partial charge in [-0.15, -0.1) is 11.3 Å². The molecule has 3 N–H and O–H groups in total. The first-order valence-corrected chi connectivity index (χ1v) is 10.2. The quantitative estimate of drug-likeness (QED) is 0.310. The Kier molecular flexibility index (Phi) is 5.27. The largest absolute Gasteiger partial charge is 0.478 e. The number of carboxylic acids is 1. The molecule has 4 rings (SSSR count). The number of carbonyl (C=O) groups is 2. The highest BCUT2D eigenvalue weighted by Gasteiger charge is 2.22. The van der Waals surface area contributed by atoms with Crippen LogP contribution < -0.4 is 5.32 Å². The zero-order valence-corrected chi connectivity index (χ0v) is 17.5. The number of amides is 1. The van der Waals surface area contributed by atoms with Crippen molar-refractivity contribution in [1.29, 1.82) is 0 Å². The zero-order chi connectivity index (χ0) is 20.7. The number of halogens is 3. The lowest BCUT2D eigenvalue weighted by molar-refractivity contribution is 0.0699. The molecule has 0 aliphatic carbocycles. The summed E-state index contributed by atoms with van der Waals surface area (Å²) in [4.78, 5) is 27.5. The first-order chi connectivity index (χ1) is 13.8. The average molecular weight is 466 g/mol. The lowest BCUT2D eigenvalue weighted by Gasteiger charge is -2.05. The molecule has 0 saturated heterocycles. The number of nitrogens with one attached hydrogen (secondary N) is 2. The molecule has 5 nitrogen and oxygen atoms in total. The van der Waals surface area contributed by atoms with Crippen molar-refractivity contribution < 1.29 is 14.7 Å². The Morgan fingerprint density at radius 2 is 1.72 bits per heavy atom. The standard InChI is InChI=1S/C20H11Cl3N2O3S/c21-10-3-1-9(2-4-10)13-8-29-19(17(13)20(27)28)25-18(26)16-7-12-14(23)5-11(22)6-15(12)24-16/h1-8,24H,(H,25,26)(H,27,28). The van der Waals surface area contributed by atoms with Gasteiger partial charge in [0, 0.05) is 31.9 Å². The van der Waals surface area contributed by atoms with Crippen molar-refractivity contribution in [3.8, 4) is 11.1 Å². The van der Waals surface area contributed by atoms with Gasteiger partial charge in [0.1, 0.15) is 16.3 Å². The van der Waals surface area contributed by atoms with Crippen LogP contribution in [0.15, 0.2) is 47.8 Å². The van der Waals surface area contributed by atoms with Gasteiger partial charge in [0.25, 0.3) is 5.91 Å². The van der Waals surface area contributed by atoms with Gasteiger partial charge < -0.3 is 15.4 Å². The van der Waals surface area contributed by atoms with Crippen LogP contribution in [0.1, 0.15) is 20.8 Å². The van der Waals surface area contributed by atoms with Crippen LogP contribution >= 0.6 is 46.1 Å². The molecule has 2 aromatic carbocycles. The molecular formula is C20H11Cl3N2O3S. The Hall–Kier alpha value is -2.51. The number of aromatic amines is 1. The third-order valence-electron chi connectivity index (χ3n) is 4.28. The van der Waals surface area contributed by atoms with Crippen molar-refractivity contribution in [3.63, 3.8) is 0 Å². The zero-order valence-electron chi connectivity index (χ0n) is 14.4. The van der Waals surface area contributed by atoms with E-state index in [2.05, 4.69) is 10.3 Å². The number of rotatable bonds is 4. The van der Waals surface area contributed by atoms with Crippen LogP contribution in [-0.2, 0) is 0 Å². The van der Waals surface area contributed by atoms with Gasteiger partial charge in [0.2, 0.25) is 0 Å². The van der Waals surface area contributed by atoms with Gasteiger partial charge >= 0.3 is 5.97 Å². The van der Waals surface area contributed by atoms with E-state index in [9.17, 15) is 14.7 Å². The van der Waals surface area contributed by atoms with Crippen LogP contribution in [0.2, 0.25) is 15.1 Å². The number of thiophene rings is 1. The molecular weight excluding hydrogens is 455 g/mol. The van der Waals surface area contributed by atoms with Crippen LogP contribution in [0.5, 0.6) is 0 Å². The summed E-state index contributed by atoms with van der Waals surface area (Å²) in [5.41, 5.74) is 2.06. The molecule has 0 atom stereocenters. The number of hydrogen-bond donors (Lipinski definition) is 3. The summed E-state index contributed by atoms with van der Waals surface area (Å²) in [5.74, 6) is -1.63. The van der Waals surface area contributed by atoms with E-state index in [0.29, 0.717) is 37.1 Å². The summed E-state index contributed by atoms with van der Waals surface area (Å²) in [6.45, 7) is 0. The molecule has 4 aromatic rings. The molecule has 29 heavy (non-hydrogen) atoms. The van der Waals surface area contributed by atoms with E-state index in [1.54, 1.807) is 47.8 Å². The fourth-order valence-corrected chi connectivity index (χ4v) is 4.59. The highest BCUT2D eigenvalue weighted by Crippen LogP contribution is 2.36. The topological polar surface area (TPSA) is 82.2 Å². The molecule has 0 fully saturated rings. The second kappa shape index (κ2) is 7.72. The van der Waals surface area contributed by atoms with E-state index in [-0.39, 0.29) is 16.3 Å². The lowest BCUT2D eigenvalue weighted by atomic mass is 10.0. The predicted molar refractivity (Wildman–Crippen MR) is 118 cm³/mol. The number of carbonyl (C=O) groups excluding carboxylic acids is 1. The molecule has 1 amide bonds. The highest BCUT2D eigenvalue weighted by atomic mass is 35.5. The monoisotopic (exact) mass is 464 g/mol. The first-order valence-electron chi connectivity index (χ1n) is 8.23. The molecule has 0 unspecified atom stereocenters. The van der Waals surface area contributed by atoms with Gasteiger partial charge in [-0.3, -0.25) is 4.79 Å². The maximum absolute atomic E-state index is 12.7. The van der Waals surface area contributed by atoms with Crippen molar-refractivity contribution in [2.75, 3.05) is 5.32 Å². The van der Waals surface area contributed by atoms with Crippen LogP contribution in [0, 0.1) is 0 Å². The fourth-order valence-electron chi connectivity index (χ4n) is 2.96. The average Bonchev–Trinajstić information content (AvgIpc) is 3.27. The molecule has 0 aliphatic heterocycles. The highest BCUT2D eigenvalue weighted by molar-refractivity contribution is 7.15. The van der Waals surface area contributed by atoms with E-state index < -0.39 is 11.9 Å². The summed E-state index contributed by atoms with van der Waals surface area (Å²) in [7, 11) is 0. The summed E-state index contributed by atoms with van der Waals surface area (Å²) in [6, 6.07) is 11.7. The van der Waals surface area contributed by atoms with Gasteiger partial charge in [0.15, 0.2) is 0 Å². The molecule has 146 valence electrons. The number of fused-ring (bicyclic) bond motifs is 1. The van der Waals surface area contributed by atoms with Crippen LogP contribution in [0.4, 0.5) is 5.00 Å². The third kappa shape index (κ3) is 3.84. The molecule has 0 spiro atoms. The van der Waals surface area contributed by atoms with E-state index in [1.165, 1.54) is 0 Å². The molecule has 0 radical (unpaired) electrons. The van der Waals surface area contributed by atoms with E-state index >= 15 is 0 Å². The Morgan fingerprint density at radius 3 is 2.41 bits per heavy atom. The Bertz CT molecular complexity index is 1260. The molecule has 0 bridgehead atoms. The number of carboxylic acid groups (broad SMARTS) is 1. The fraction of sp³-hybridized carbons (Fsp3) is 0. The Labute approximate surface area is 183 Å². The normalized spacial score (nSPS) is 11.0. The SMILES string of the molecule is O=C(Nc1scc(-c2ccc(Cl)cc2)c1C(=O)O)c1cc2c(Cl)cc(Cl)cc2[nH]1. The molecule has 9 heteroatoms. The number of hydrogen-bond acceptors (Lipinski definition) is 3. The van der Waals surface area contributed by atoms with Gasteiger partial charge in [-0.2, -0.15) is 0 Å². The minimum Gasteiger partial charge on any atom is -0.478 e. The Balaban J connectivity index is 1.69. The first kappa shape index (κ1) is 19.8. The summed E-state index contributed by atoms with van der Waals surface area (Å²) < 4.78 is 0. The minimum absolute atomic E-state index is 0.0165. The van der Waals surface area contributed by atoms with Crippen molar-refractivity contribution in [1.82, 2.24) is 4.98 Å². The van der Waals surface area contributed by atoms with Crippen molar-refractivity contribution in [3.05, 3.63) is 74.2 Å². The van der Waals surface area contributed by atoms with Gasteiger partial charge in [-0.05, 0) is 35.9 Å². The maximum Gasteiger partial charge on any atom is 0.339 e. The minimum atomic E-state index is -1.14. The van der Waals surface area contributed by atoms with Crippen LogP contribution in [0.3, 0.4) is 0 Å². The number of H-pyrrole nitrogens is 1. The summed E-state index contributed by atoms with van der Waals surface area (Å²) in [5, 5.41) is 16.3. The number of aromatic carboxylic acids is 1. The van der Waals surface area contributed by atoms with E-state index in [0.717, 1.165) is 11.3 Å². The van der Waals surface area contributed by atoms with Crippen LogP contribution in [-0.4, -0.2) is 22.0 Å². The summed E-state index contributed by atoms with van der Waals surface area (Å²) in [6.07, 6.45) is 0. The van der Waals surface area contributed by atoms with Gasteiger partial charge in [-0.25, -0.2) is 4.79 Å². The third-order valence-corrected chi connectivity index (χ3v) is 5.96. The van der Waals surface area contributed by atoms with E-state index in [4.69, 9.17) is 34.8 Å². The maximum atomic E-state index is 12.7. The number of anilines is 1. The smallest absolute Gasteiger partial charge is 0.339 e. The second-order valence-corrected chi connectivity index (χ2v) is 8.31. The van der Waals surface area contributed by atoms with Crippen molar-refractivity contribution >= 4 is 73.9 Å². The van der Waals surface area contributed by atoms with Gasteiger partial charge in [-0.1, -0.05) is 46.9 Å².